The number of aromatic nitrogens is 1. The Bertz CT molecular complexity index is 776. The number of nitrogens with zero attached hydrogens (tertiary/aromatic N) is 1. The van der Waals surface area contributed by atoms with E-state index in [0.717, 1.165) is 6.42 Å². The van der Waals surface area contributed by atoms with Crippen LogP contribution in [0.15, 0.2) is 30.5 Å². The molecule has 132 valence electrons. The molecule has 0 bridgehead atoms. The molecule has 1 saturated heterocycles. The molecule has 1 aromatic heterocycles. The molecule has 0 aliphatic carbocycles. The molecular weight excluding hydrogens is 365 g/mol. The number of methoxy groups -OCH3 is 1. The Balaban J connectivity index is 1.79. The molecular formula is C18H17Cl2NO4. The SMILES string of the molecule is COc1ccc(C(=O)Cc2ncc(Cl)cc2Cl)cc1OC1CCOC1. The van der Waals surface area contributed by atoms with Gasteiger partial charge in [0, 0.05) is 18.2 Å². The Morgan fingerprint density at radius 2 is 2.16 bits per heavy atom. The number of rotatable bonds is 6. The summed E-state index contributed by atoms with van der Waals surface area (Å²) in [6, 6.07) is 6.67. The van der Waals surface area contributed by atoms with Crippen LogP contribution < -0.4 is 9.47 Å². The van der Waals surface area contributed by atoms with Crippen LogP contribution in [0.5, 0.6) is 11.5 Å². The lowest BCUT2D eigenvalue weighted by molar-refractivity contribution is 0.0990. The van der Waals surface area contributed by atoms with Crippen LogP contribution in [0.2, 0.25) is 10.0 Å². The van der Waals surface area contributed by atoms with Crippen molar-refractivity contribution in [2.45, 2.75) is 18.9 Å². The van der Waals surface area contributed by atoms with E-state index >= 15 is 0 Å². The fourth-order valence-electron chi connectivity index (χ4n) is 2.55. The van der Waals surface area contributed by atoms with Crippen molar-refractivity contribution in [1.82, 2.24) is 4.98 Å². The van der Waals surface area contributed by atoms with Crippen LogP contribution in [-0.4, -0.2) is 37.2 Å². The molecule has 1 unspecified atom stereocenters. The molecule has 0 radical (unpaired) electrons. The third kappa shape index (κ3) is 4.42. The first-order chi connectivity index (χ1) is 12.1. The number of carbonyl (C=O) groups is 1. The lowest BCUT2D eigenvalue weighted by Gasteiger charge is -2.15. The molecule has 0 spiro atoms. The van der Waals surface area contributed by atoms with E-state index in [-0.39, 0.29) is 18.3 Å². The normalized spacial score (nSPS) is 16.7. The molecule has 2 heterocycles. The number of halogens is 2. The smallest absolute Gasteiger partial charge is 0.169 e. The summed E-state index contributed by atoms with van der Waals surface area (Å²) < 4.78 is 16.5. The van der Waals surface area contributed by atoms with Crippen molar-refractivity contribution in [3.05, 3.63) is 51.8 Å². The van der Waals surface area contributed by atoms with Gasteiger partial charge in [-0.05, 0) is 24.3 Å². The molecule has 0 saturated carbocycles. The monoisotopic (exact) mass is 381 g/mol. The number of ether oxygens (including phenoxy) is 3. The second-order valence-corrected chi connectivity index (χ2v) is 6.49. The van der Waals surface area contributed by atoms with Gasteiger partial charge in [0.25, 0.3) is 0 Å². The van der Waals surface area contributed by atoms with Crippen molar-refractivity contribution in [3.8, 4) is 11.5 Å². The van der Waals surface area contributed by atoms with Crippen molar-refractivity contribution in [3.63, 3.8) is 0 Å². The third-order valence-corrected chi connectivity index (χ3v) is 4.41. The molecule has 7 heteroatoms. The Morgan fingerprint density at radius 3 is 2.84 bits per heavy atom. The molecule has 5 nitrogen and oxygen atoms in total. The number of benzene rings is 1. The molecule has 2 aromatic rings. The van der Waals surface area contributed by atoms with Gasteiger partial charge in [0.15, 0.2) is 17.3 Å². The number of Topliss-reactive ketones (excluding diaryl/α,β-unsaturated/α-hetero) is 1. The summed E-state index contributed by atoms with van der Waals surface area (Å²) >= 11 is 11.9. The van der Waals surface area contributed by atoms with Crippen molar-refractivity contribution >= 4 is 29.0 Å². The number of ketones is 1. The van der Waals surface area contributed by atoms with Gasteiger partial charge in [-0.25, -0.2) is 0 Å². The van der Waals surface area contributed by atoms with Gasteiger partial charge >= 0.3 is 0 Å². The Morgan fingerprint density at radius 1 is 1.32 bits per heavy atom. The molecule has 1 aliphatic heterocycles. The van der Waals surface area contributed by atoms with Crippen LogP contribution in [0.1, 0.15) is 22.5 Å². The highest BCUT2D eigenvalue weighted by Crippen LogP contribution is 2.31. The van der Waals surface area contributed by atoms with E-state index in [9.17, 15) is 4.79 Å². The first kappa shape index (κ1) is 18.0. The van der Waals surface area contributed by atoms with Crippen LogP contribution >= 0.6 is 23.2 Å². The fourth-order valence-corrected chi connectivity index (χ4v) is 3.00. The predicted octanol–water partition coefficient (Wildman–Crippen LogP) is 3.99. The number of hydrogen-bond donors (Lipinski definition) is 0. The summed E-state index contributed by atoms with van der Waals surface area (Å²) in [5.41, 5.74) is 0.987. The first-order valence-electron chi connectivity index (χ1n) is 7.82. The van der Waals surface area contributed by atoms with Gasteiger partial charge in [0.1, 0.15) is 6.10 Å². The van der Waals surface area contributed by atoms with Gasteiger partial charge in [-0.2, -0.15) is 0 Å². The van der Waals surface area contributed by atoms with Gasteiger partial charge in [0.2, 0.25) is 0 Å². The second kappa shape index (κ2) is 8.04. The lowest BCUT2D eigenvalue weighted by Crippen LogP contribution is -2.16. The summed E-state index contributed by atoms with van der Waals surface area (Å²) in [5, 5.41) is 0.800. The maximum absolute atomic E-state index is 12.6. The minimum atomic E-state index is -0.119. The summed E-state index contributed by atoms with van der Waals surface area (Å²) in [6.45, 7) is 1.21. The molecule has 0 N–H and O–H groups in total. The van der Waals surface area contributed by atoms with Crippen molar-refractivity contribution in [2.24, 2.45) is 0 Å². The van der Waals surface area contributed by atoms with Gasteiger partial charge in [0.05, 0.1) is 42.5 Å². The van der Waals surface area contributed by atoms with Crippen LogP contribution in [-0.2, 0) is 11.2 Å². The maximum Gasteiger partial charge on any atom is 0.169 e. The number of pyridine rings is 1. The highest BCUT2D eigenvalue weighted by atomic mass is 35.5. The number of carbonyl (C=O) groups excluding carboxylic acids is 1. The molecule has 3 rings (SSSR count). The molecule has 1 aliphatic rings. The zero-order valence-electron chi connectivity index (χ0n) is 13.6. The van der Waals surface area contributed by atoms with Gasteiger partial charge in [-0.3, -0.25) is 9.78 Å². The fraction of sp³-hybridized carbons (Fsp3) is 0.333. The van der Waals surface area contributed by atoms with Gasteiger partial charge < -0.3 is 14.2 Å². The summed E-state index contributed by atoms with van der Waals surface area (Å²) in [4.78, 5) is 16.7. The van der Waals surface area contributed by atoms with E-state index in [1.54, 1.807) is 31.4 Å². The first-order valence-corrected chi connectivity index (χ1v) is 8.58. The predicted molar refractivity (Wildman–Crippen MR) is 95.1 cm³/mol. The minimum absolute atomic E-state index is 0.0355. The molecule has 25 heavy (non-hydrogen) atoms. The summed E-state index contributed by atoms with van der Waals surface area (Å²) in [6.07, 6.45) is 2.32. The summed E-state index contributed by atoms with van der Waals surface area (Å²) in [5.74, 6) is 0.983. The average molecular weight is 382 g/mol. The van der Waals surface area contributed by atoms with Gasteiger partial charge in [-0.1, -0.05) is 23.2 Å². The minimum Gasteiger partial charge on any atom is -0.493 e. The van der Waals surface area contributed by atoms with Gasteiger partial charge in [-0.15, -0.1) is 0 Å². The van der Waals surface area contributed by atoms with Crippen LogP contribution in [0, 0.1) is 0 Å². The van der Waals surface area contributed by atoms with Crippen LogP contribution in [0.3, 0.4) is 0 Å². The van der Waals surface area contributed by atoms with E-state index < -0.39 is 0 Å². The second-order valence-electron chi connectivity index (χ2n) is 5.65. The topological polar surface area (TPSA) is 57.7 Å². The zero-order chi connectivity index (χ0) is 17.8. The van der Waals surface area contributed by atoms with E-state index in [4.69, 9.17) is 37.4 Å². The zero-order valence-corrected chi connectivity index (χ0v) is 15.1. The van der Waals surface area contributed by atoms with E-state index in [1.165, 1.54) is 6.20 Å². The van der Waals surface area contributed by atoms with E-state index in [2.05, 4.69) is 4.98 Å². The maximum atomic E-state index is 12.6. The Hall–Kier alpha value is -1.82. The Kier molecular flexibility index (Phi) is 5.78. The van der Waals surface area contributed by atoms with Crippen molar-refractivity contribution in [2.75, 3.05) is 20.3 Å². The molecule has 1 aromatic carbocycles. The number of hydrogen-bond acceptors (Lipinski definition) is 5. The van der Waals surface area contributed by atoms with Crippen LogP contribution in [0.4, 0.5) is 0 Å². The van der Waals surface area contributed by atoms with Crippen LogP contribution in [0.25, 0.3) is 0 Å². The Labute approximate surface area is 155 Å². The van der Waals surface area contributed by atoms with Crippen molar-refractivity contribution in [1.29, 1.82) is 0 Å². The highest BCUT2D eigenvalue weighted by molar-refractivity contribution is 6.34. The molecule has 1 atom stereocenters. The molecule has 1 fully saturated rings. The quantitative estimate of drug-likeness (QED) is 0.708. The third-order valence-electron chi connectivity index (χ3n) is 3.88. The van der Waals surface area contributed by atoms with E-state index in [0.29, 0.717) is 46.0 Å². The highest BCUT2D eigenvalue weighted by Gasteiger charge is 2.20. The van der Waals surface area contributed by atoms with E-state index in [1.807, 2.05) is 0 Å². The largest absolute Gasteiger partial charge is 0.493 e. The van der Waals surface area contributed by atoms with Crippen molar-refractivity contribution < 1.29 is 19.0 Å². The lowest BCUT2D eigenvalue weighted by atomic mass is 10.1. The standard InChI is InChI=1S/C18H17Cl2NO4/c1-23-17-3-2-11(6-18(17)25-13-4-5-24-10-13)16(22)8-15-14(20)7-12(19)9-21-15/h2-3,6-7,9,13H,4-5,8,10H2,1H3. The summed E-state index contributed by atoms with van der Waals surface area (Å²) in [7, 11) is 1.56. The molecule has 0 amide bonds. The average Bonchev–Trinajstić information content (AvgIpc) is 3.10.